The highest BCUT2D eigenvalue weighted by atomic mass is 16.1. The van der Waals surface area contributed by atoms with Crippen molar-refractivity contribution in [2.24, 2.45) is 0 Å². The van der Waals surface area contributed by atoms with Crippen LogP contribution >= 0.6 is 0 Å². The van der Waals surface area contributed by atoms with Crippen LogP contribution < -0.4 is 5.73 Å². The number of fused-ring (bicyclic) bond motifs is 4. The highest BCUT2D eigenvalue weighted by Crippen LogP contribution is 2.36. The van der Waals surface area contributed by atoms with E-state index in [-0.39, 0.29) is 28.4 Å². The second kappa shape index (κ2) is 5.13. The summed E-state index contributed by atoms with van der Waals surface area (Å²) in [5.74, 6) is 0.171. The van der Waals surface area contributed by atoms with Crippen LogP contribution in [0.25, 0.3) is 22.4 Å². The fraction of sp³-hybridized carbons (Fsp3) is 0. The van der Waals surface area contributed by atoms with E-state index in [0.29, 0.717) is 28.0 Å². The molecule has 0 spiro atoms. The van der Waals surface area contributed by atoms with Gasteiger partial charge in [0.05, 0.1) is 16.6 Å². The van der Waals surface area contributed by atoms with Crippen molar-refractivity contribution in [3.8, 4) is 11.4 Å². The number of nitrogens with two attached hydrogens (primary N) is 1. The molecule has 26 heavy (non-hydrogen) atoms. The van der Waals surface area contributed by atoms with E-state index in [0.717, 1.165) is 5.56 Å². The number of hydrogen-bond donors (Lipinski definition) is 2. The summed E-state index contributed by atoms with van der Waals surface area (Å²) in [6.45, 7) is 0. The molecule has 0 saturated heterocycles. The number of carbonyl (C=O) groups excluding carboxylic acids is 2. The van der Waals surface area contributed by atoms with Crippen molar-refractivity contribution < 1.29 is 9.59 Å². The number of ketones is 2. The van der Waals surface area contributed by atoms with Gasteiger partial charge in [-0.3, -0.25) is 9.59 Å². The molecule has 5 nitrogen and oxygen atoms in total. The van der Waals surface area contributed by atoms with Gasteiger partial charge in [0, 0.05) is 22.4 Å². The number of nitrogen functional groups attached to an aromatic ring is 1. The first-order chi connectivity index (χ1) is 12.6. The second-order valence-electron chi connectivity index (χ2n) is 6.27. The highest BCUT2D eigenvalue weighted by molar-refractivity contribution is 6.33. The van der Waals surface area contributed by atoms with E-state index >= 15 is 0 Å². The molecular weight excluding hydrogens is 326 g/mol. The summed E-state index contributed by atoms with van der Waals surface area (Å²) in [4.78, 5) is 33.8. The number of rotatable bonds is 1. The topological polar surface area (TPSA) is 88.8 Å². The lowest BCUT2D eigenvalue weighted by molar-refractivity contribution is 0.0981. The lowest BCUT2D eigenvalue weighted by atomic mass is 9.82. The number of nitrogens with zero attached hydrogens (tertiary/aromatic N) is 1. The SMILES string of the molecule is Nc1cc2[nH]c(-c3ccccc3)nc2c2c1C(=O)c1ccccc1C2=O. The lowest BCUT2D eigenvalue weighted by Gasteiger charge is -2.19. The molecule has 1 heterocycles. The molecule has 5 heteroatoms. The maximum absolute atomic E-state index is 13.1. The molecule has 5 rings (SSSR count). The smallest absolute Gasteiger partial charge is 0.196 e. The van der Waals surface area contributed by atoms with Crippen molar-refractivity contribution in [1.82, 2.24) is 9.97 Å². The Hall–Kier alpha value is -3.73. The molecule has 0 aliphatic heterocycles. The predicted octanol–water partition coefficient (Wildman–Crippen LogP) is 3.59. The maximum Gasteiger partial charge on any atom is 0.196 e. The van der Waals surface area contributed by atoms with Gasteiger partial charge < -0.3 is 10.7 Å². The van der Waals surface area contributed by atoms with E-state index in [4.69, 9.17) is 5.73 Å². The van der Waals surface area contributed by atoms with Gasteiger partial charge >= 0.3 is 0 Å². The molecule has 4 aromatic rings. The van der Waals surface area contributed by atoms with Crippen molar-refractivity contribution in [1.29, 1.82) is 0 Å². The lowest BCUT2D eigenvalue weighted by Crippen LogP contribution is -2.22. The van der Waals surface area contributed by atoms with Crippen LogP contribution in [-0.4, -0.2) is 21.5 Å². The number of benzene rings is 3. The Morgan fingerprint density at radius 1 is 0.808 bits per heavy atom. The van der Waals surface area contributed by atoms with E-state index < -0.39 is 0 Å². The van der Waals surface area contributed by atoms with Crippen LogP contribution in [0.1, 0.15) is 31.8 Å². The van der Waals surface area contributed by atoms with E-state index in [9.17, 15) is 9.59 Å². The minimum atomic E-state index is -0.237. The van der Waals surface area contributed by atoms with Crippen molar-refractivity contribution in [3.05, 3.63) is 82.9 Å². The minimum Gasteiger partial charge on any atom is -0.398 e. The van der Waals surface area contributed by atoms with Crippen LogP contribution in [0.15, 0.2) is 60.7 Å². The number of H-pyrrole nitrogens is 1. The molecule has 3 aromatic carbocycles. The molecule has 0 unspecified atom stereocenters. The molecule has 0 bridgehead atoms. The van der Waals surface area contributed by atoms with Crippen molar-refractivity contribution in [2.75, 3.05) is 5.73 Å². The fourth-order valence-electron chi connectivity index (χ4n) is 3.52. The van der Waals surface area contributed by atoms with Gasteiger partial charge in [-0.2, -0.15) is 0 Å². The summed E-state index contributed by atoms with van der Waals surface area (Å²) < 4.78 is 0. The third-order valence-electron chi connectivity index (χ3n) is 4.72. The first kappa shape index (κ1) is 14.6. The molecule has 1 aliphatic rings. The summed E-state index contributed by atoms with van der Waals surface area (Å²) in [6.07, 6.45) is 0. The number of anilines is 1. The average Bonchev–Trinajstić information content (AvgIpc) is 3.09. The van der Waals surface area contributed by atoms with Gasteiger partial charge in [0.2, 0.25) is 0 Å². The molecule has 0 radical (unpaired) electrons. The Morgan fingerprint density at radius 3 is 2.12 bits per heavy atom. The average molecular weight is 339 g/mol. The van der Waals surface area contributed by atoms with Gasteiger partial charge in [0.15, 0.2) is 11.6 Å². The summed E-state index contributed by atoms with van der Waals surface area (Å²) in [5, 5.41) is 0. The number of hydrogen-bond acceptors (Lipinski definition) is 4. The Kier molecular flexibility index (Phi) is 2.88. The third kappa shape index (κ3) is 1.88. The molecule has 0 saturated carbocycles. The van der Waals surface area contributed by atoms with Gasteiger partial charge in [-0.25, -0.2) is 4.98 Å². The van der Waals surface area contributed by atoms with Gasteiger partial charge in [-0.15, -0.1) is 0 Å². The first-order valence-electron chi connectivity index (χ1n) is 8.21. The number of aromatic amines is 1. The third-order valence-corrected chi connectivity index (χ3v) is 4.72. The van der Waals surface area contributed by atoms with Crippen molar-refractivity contribution in [2.45, 2.75) is 0 Å². The van der Waals surface area contributed by atoms with Gasteiger partial charge in [-0.05, 0) is 6.07 Å². The summed E-state index contributed by atoms with van der Waals surface area (Å²) in [7, 11) is 0. The summed E-state index contributed by atoms with van der Waals surface area (Å²) in [5.41, 5.74) is 9.73. The van der Waals surface area contributed by atoms with Gasteiger partial charge in [0.1, 0.15) is 11.3 Å². The van der Waals surface area contributed by atoms with Gasteiger partial charge in [0.25, 0.3) is 0 Å². The normalized spacial score (nSPS) is 12.9. The zero-order valence-electron chi connectivity index (χ0n) is 13.6. The summed E-state index contributed by atoms with van der Waals surface area (Å²) in [6, 6.07) is 18.1. The standard InChI is InChI=1S/C21H13N3O2/c22-14-10-15-18(24-21(23-15)11-6-2-1-3-7-11)17-16(14)19(25)12-8-4-5-9-13(12)20(17)26/h1-10H,22H2,(H,23,24). The van der Waals surface area contributed by atoms with Crippen LogP contribution in [0.4, 0.5) is 5.69 Å². The maximum atomic E-state index is 13.1. The Balaban J connectivity index is 1.83. The molecule has 124 valence electrons. The van der Waals surface area contributed by atoms with E-state index in [2.05, 4.69) is 9.97 Å². The predicted molar refractivity (Wildman–Crippen MR) is 99.2 cm³/mol. The number of nitrogens with one attached hydrogen (secondary N) is 1. The highest BCUT2D eigenvalue weighted by Gasteiger charge is 2.34. The zero-order valence-corrected chi connectivity index (χ0v) is 13.6. The number of imidazole rings is 1. The Morgan fingerprint density at radius 2 is 1.42 bits per heavy atom. The zero-order chi connectivity index (χ0) is 17.8. The molecule has 0 atom stereocenters. The molecule has 1 aromatic heterocycles. The molecular formula is C21H13N3O2. The van der Waals surface area contributed by atoms with Gasteiger partial charge in [-0.1, -0.05) is 54.6 Å². The molecule has 1 aliphatic carbocycles. The second-order valence-corrected chi connectivity index (χ2v) is 6.27. The Labute approximate surface area is 148 Å². The summed E-state index contributed by atoms with van der Waals surface area (Å²) >= 11 is 0. The van der Waals surface area contributed by atoms with Crippen LogP contribution in [0, 0.1) is 0 Å². The molecule has 3 N–H and O–H groups in total. The van der Waals surface area contributed by atoms with Crippen LogP contribution in [0.3, 0.4) is 0 Å². The van der Waals surface area contributed by atoms with E-state index in [1.165, 1.54) is 0 Å². The van der Waals surface area contributed by atoms with Crippen molar-refractivity contribution in [3.63, 3.8) is 0 Å². The number of carbonyl (C=O) groups is 2. The van der Waals surface area contributed by atoms with E-state index in [1.807, 2.05) is 30.3 Å². The van der Waals surface area contributed by atoms with Crippen LogP contribution in [-0.2, 0) is 0 Å². The van der Waals surface area contributed by atoms with Crippen LogP contribution in [0.5, 0.6) is 0 Å². The first-order valence-corrected chi connectivity index (χ1v) is 8.21. The monoisotopic (exact) mass is 339 g/mol. The number of aromatic nitrogens is 2. The molecule has 0 amide bonds. The Bertz CT molecular complexity index is 1220. The minimum absolute atomic E-state index is 0.224. The van der Waals surface area contributed by atoms with Crippen molar-refractivity contribution >= 4 is 28.3 Å². The van der Waals surface area contributed by atoms with Crippen LogP contribution in [0.2, 0.25) is 0 Å². The quantitative estimate of drug-likeness (QED) is 0.457. The molecule has 0 fully saturated rings. The van der Waals surface area contributed by atoms with E-state index in [1.54, 1.807) is 30.3 Å². The largest absolute Gasteiger partial charge is 0.398 e. The fourth-order valence-corrected chi connectivity index (χ4v) is 3.52.